The van der Waals surface area contributed by atoms with Crippen molar-refractivity contribution in [3.05, 3.63) is 0 Å². The van der Waals surface area contributed by atoms with E-state index in [1.54, 1.807) is 0 Å². The van der Waals surface area contributed by atoms with Gasteiger partial charge in [-0.15, -0.1) is 0 Å². The van der Waals surface area contributed by atoms with Crippen molar-refractivity contribution in [2.24, 2.45) is 17.8 Å². The molecule has 0 rings (SSSR count). The summed E-state index contributed by atoms with van der Waals surface area (Å²) >= 11 is 0. The minimum Gasteiger partial charge on any atom is -0.462 e. The second-order valence-electron chi connectivity index (χ2n) is 22.8. The Morgan fingerprint density at radius 1 is 0.271 bits per heavy atom. The third-order valence-corrected chi connectivity index (χ3v) is 15.7. The molecule has 0 saturated carbocycles. The molecule has 0 aliphatic carbocycles. The number of carbonyl (C=O) groups is 3. The van der Waals surface area contributed by atoms with Crippen LogP contribution in [0.3, 0.4) is 0 Å². The molecular formula is C64H124O6. The van der Waals surface area contributed by atoms with Crippen LogP contribution in [-0.2, 0) is 28.6 Å². The van der Waals surface area contributed by atoms with Gasteiger partial charge in [0.25, 0.3) is 0 Å². The Hall–Kier alpha value is -1.59. The predicted molar refractivity (Wildman–Crippen MR) is 303 cm³/mol. The Morgan fingerprint density at radius 3 is 0.671 bits per heavy atom. The van der Waals surface area contributed by atoms with Gasteiger partial charge in [0.2, 0.25) is 0 Å². The molecule has 6 heteroatoms. The molecule has 0 heterocycles. The maximum atomic E-state index is 12.9. The number of hydrogen-bond acceptors (Lipinski definition) is 6. The molecular weight excluding hydrogens is 865 g/mol. The molecule has 0 fully saturated rings. The van der Waals surface area contributed by atoms with Crippen molar-refractivity contribution in [3.8, 4) is 0 Å². The fourth-order valence-corrected chi connectivity index (χ4v) is 9.79. The highest BCUT2D eigenvalue weighted by Crippen LogP contribution is 2.20. The van der Waals surface area contributed by atoms with Crippen molar-refractivity contribution in [2.75, 3.05) is 13.2 Å². The molecule has 416 valence electrons. The summed E-state index contributed by atoms with van der Waals surface area (Å²) in [6, 6.07) is 0. The highest BCUT2D eigenvalue weighted by atomic mass is 16.6. The van der Waals surface area contributed by atoms with E-state index in [0.29, 0.717) is 19.3 Å². The van der Waals surface area contributed by atoms with Crippen LogP contribution in [0.25, 0.3) is 0 Å². The van der Waals surface area contributed by atoms with Gasteiger partial charge in [0.15, 0.2) is 6.10 Å². The predicted octanol–water partition coefficient (Wildman–Crippen LogP) is 21.1. The topological polar surface area (TPSA) is 78.9 Å². The number of rotatable bonds is 57. The fourth-order valence-electron chi connectivity index (χ4n) is 9.79. The summed E-state index contributed by atoms with van der Waals surface area (Å²) in [5, 5.41) is 0. The molecule has 4 atom stereocenters. The van der Waals surface area contributed by atoms with Crippen LogP contribution >= 0.6 is 0 Å². The van der Waals surface area contributed by atoms with E-state index in [-0.39, 0.29) is 31.1 Å². The lowest BCUT2D eigenvalue weighted by molar-refractivity contribution is -0.167. The molecule has 0 bridgehead atoms. The maximum absolute atomic E-state index is 12.9. The van der Waals surface area contributed by atoms with Gasteiger partial charge in [-0.3, -0.25) is 14.4 Å². The largest absolute Gasteiger partial charge is 0.462 e. The Labute approximate surface area is 438 Å². The standard InChI is InChI=1S/C64H124O6/c1-7-58(4)50-44-38-32-26-22-18-14-12-10-11-13-15-20-24-28-35-41-47-53-62(65)68-56-61(57-69-63(66)54-48-42-36-31-30-34-40-46-52-60(6)9-3)70-64(67)55-49-43-37-29-25-21-17-16-19-23-27-33-39-45-51-59(5)8-2/h58-61H,7-57H2,1-6H3/t58?,59?,60?,61-/m0/s1. The van der Waals surface area contributed by atoms with Gasteiger partial charge in [0.05, 0.1) is 0 Å². The van der Waals surface area contributed by atoms with Crippen molar-refractivity contribution in [1.82, 2.24) is 0 Å². The molecule has 0 N–H and O–H groups in total. The Kier molecular flexibility index (Phi) is 53.9. The van der Waals surface area contributed by atoms with Crippen LogP contribution < -0.4 is 0 Å². The lowest BCUT2D eigenvalue weighted by Crippen LogP contribution is -2.30. The lowest BCUT2D eigenvalue weighted by atomic mass is 9.99. The van der Waals surface area contributed by atoms with Crippen LogP contribution in [0.1, 0.15) is 356 Å². The van der Waals surface area contributed by atoms with Crippen molar-refractivity contribution >= 4 is 17.9 Å². The molecule has 0 aromatic rings. The molecule has 0 aromatic carbocycles. The van der Waals surface area contributed by atoms with Crippen molar-refractivity contribution in [3.63, 3.8) is 0 Å². The van der Waals surface area contributed by atoms with Crippen LogP contribution in [0, 0.1) is 17.8 Å². The first-order chi connectivity index (χ1) is 34.2. The van der Waals surface area contributed by atoms with Crippen molar-refractivity contribution in [1.29, 1.82) is 0 Å². The van der Waals surface area contributed by atoms with E-state index < -0.39 is 6.10 Å². The number of ether oxygens (including phenoxy) is 3. The van der Waals surface area contributed by atoms with Crippen LogP contribution in [0.5, 0.6) is 0 Å². The van der Waals surface area contributed by atoms with Gasteiger partial charge < -0.3 is 14.2 Å². The molecule has 0 aliphatic heterocycles. The first-order valence-electron chi connectivity index (χ1n) is 31.7. The molecule has 0 spiro atoms. The Balaban J connectivity index is 4.24. The van der Waals surface area contributed by atoms with E-state index in [1.165, 1.54) is 238 Å². The fraction of sp³-hybridized carbons (Fsp3) is 0.953. The molecule has 0 radical (unpaired) electrons. The van der Waals surface area contributed by atoms with E-state index >= 15 is 0 Å². The van der Waals surface area contributed by atoms with Crippen LogP contribution in [0.4, 0.5) is 0 Å². The monoisotopic (exact) mass is 989 g/mol. The third-order valence-electron chi connectivity index (χ3n) is 15.7. The summed E-state index contributed by atoms with van der Waals surface area (Å²) in [7, 11) is 0. The highest BCUT2D eigenvalue weighted by molar-refractivity contribution is 5.71. The second-order valence-corrected chi connectivity index (χ2v) is 22.8. The summed E-state index contributed by atoms with van der Waals surface area (Å²) in [5.41, 5.74) is 0. The van der Waals surface area contributed by atoms with E-state index in [2.05, 4.69) is 41.5 Å². The molecule has 0 amide bonds. The van der Waals surface area contributed by atoms with Crippen LogP contribution in [-0.4, -0.2) is 37.2 Å². The van der Waals surface area contributed by atoms with Crippen molar-refractivity contribution < 1.29 is 28.6 Å². The summed E-state index contributed by atoms with van der Waals surface area (Å²) in [6.07, 6.45) is 59.5. The van der Waals surface area contributed by atoms with E-state index in [9.17, 15) is 14.4 Å². The average Bonchev–Trinajstić information content (AvgIpc) is 3.36. The van der Waals surface area contributed by atoms with Gasteiger partial charge in [-0.1, -0.05) is 318 Å². The second kappa shape index (κ2) is 55.2. The summed E-state index contributed by atoms with van der Waals surface area (Å²) in [5.74, 6) is 1.81. The first kappa shape index (κ1) is 68.4. The third kappa shape index (κ3) is 52.7. The van der Waals surface area contributed by atoms with Gasteiger partial charge >= 0.3 is 17.9 Å². The number of carbonyl (C=O) groups excluding carboxylic acids is 3. The van der Waals surface area contributed by atoms with Gasteiger partial charge in [0, 0.05) is 19.3 Å². The zero-order valence-electron chi connectivity index (χ0n) is 48.3. The number of esters is 3. The molecule has 70 heavy (non-hydrogen) atoms. The van der Waals surface area contributed by atoms with Crippen molar-refractivity contribution in [2.45, 2.75) is 362 Å². The summed E-state index contributed by atoms with van der Waals surface area (Å²) in [4.78, 5) is 38.3. The zero-order valence-corrected chi connectivity index (χ0v) is 48.3. The van der Waals surface area contributed by atoms with Gasteiger partial charge in [-0.2, -0.15) is 0 Å². The van der Waals surface area contributed by atoms with Crippen LogP contribution in [0.15, 0.2) is 0 Å². The van der Waals surface area contributed by atoms with Gasteiger partial charge in [-0.25, -0.2) is 0 Å². The lowest BCUT2D eigenvalue weighted by Gasteiger charge is -2.18. The highest BCUT2D eigenvalue weighted by Gasteiger charge is 2.19. The first-order valence-corrected chi connectivity index (χ1v) is 31.7. The molecule has 3 unspecified atom stereocenters. The van der Waals surface area contributed by atoms with Gasteiger partial charge in [0.1, 0.15) is 13.2 Å². The molecule has 0 aromatic heterocycles. The Morgan fingerprint density at radius 2 is 0.457 bits per heavy atom. The van der Waals surface area contributed by atoms with E-state index in [1.807, 2.05) is 0 Å². The normalized spacial score (nSPS) is 13.3. The number of hydrogen-bond donors (Lipinski definition) is 0. The molecule has 0 saturated heterocycles. The quantitative estimate of drug-likeness (QED) is 0.0343. The molecule has 6 nitrogen and oxygen atoms in total. The average molecular weight is 990 g/mol. The smallest absolute Gasteiger partial charge is 0.306 e. The summed E-state index contributed by atoms with van der Waals surface area (Å²) in [6.45, 7) is 13.9. The minimum absolute atomic E-state index is 0.0632. The SMILES string of the molecule is CCC(C)CCCCCCCCCCCCCCCCCCCCC(=O)OC[C@@H](COC(=O)CCCCCCCCCCC(C)CC)OC(=O)CCCCCCCCCCCCCCCCC(C)CC. The maximum Gasteiger partial charge on any atom is 0.306 e. The number of unbranched alkanes of at least 4 members (excludes halogenated alkanes) is 37. The van der Waals surface area contributed by atoms with E-state index in [4.69, 9.17) is 14.2 Å². The molecule has 0 aliphatic rings. The zero-order chi connectivity index (χ0) is 51.2. The Bertz CT molecular complexity index is 1090. The van der Waals surface area contributed by atoms with E-state index in [0.717, 1.165) is 75.5 Å². The summed E-state index contributed by atoms with van der Waals surface area (Å²) < 4.78 is 16.9. The van der Waals surface area contributed by atoms with Gasteiger partial charge in [-0.05, 0) is 37.0 Å². The van der Waals surface area contributed by atoms with Crippen LogP contribution in [0.2, 0.25) is 0 Å². The minimum atomic E-state index is -0.765.